The van der Waals surface area contributed by atoms with E-state index in [0.29, 0.717) is 11.4 Å². The summed E-state index contributed by atoms with van der Waals surface area (Å²) in [5, 5.41) is 2.87. The fourth-order valence-electron chi connectivity index (χ4n) is 2.23. The highest BCUT2D eigenvalue weighted by Gasteiger charge is 2.16. The second-order valence-corrected chi connectivity index (χ2v) is 5.41. The minimum atomic E-state index is -2.86. The van der Waals surface area contributed by atoms with Crippen molar-refractivity contribution in [3.8, 4) is 5.75 Å². The van der Waals surface area contributed by atoms with E-state index in [9.17, 15) is 13.6 Å². The average molecular weight is 335 g/mol. The second kappa shape index (κ2) is 7.72. The van der Waals surface area contributed by atoms with E-state index < -0.39 is 6.61 Å². The number of ether oxygens (including phenoxy) is 1. The Morgan fingerprint density at radius 2 is 1.88 bits per heavy atom. The van der Waals surface area contributed by atoms with E-state index in [1.165, 1.54) is 12.1 Å². The Bertz CT molecular complexity index is 690. The molecule has 0 saturated carbocycles. The van der Waals surface area contributed by atoms with Gasteiger partial charge in [-0.1, -0.05) is 12.1 Å². The molecule has 1 amide bonds. The van der Waals surface area contributed by atoms with Gasteiger partial charge in [0.15, 0.2) is 0 Å². The normalized spacial score (nSPS) is 11.9. The fraction of sp³-hybridized carbons (Fsp3) is 0.294. The molecule has 0 bridgehead atoms. The van der Waals surface area contributed by atoms with Crippen molar-refractivity contribution in [2.24, 2.45) is 0 Å². The molecule has 128 valence electrons. The smallest absolute Gasteiger partial charge is 0.387 e. The zero-order valence-electron chi connectivity index (χ0n) is 13.7. The third-order valence-electron chi connectivity index (χ3n) is 3.41. The van der Waals surface area contributed by atoms with Gasteiger partial charge in [0.25, 0.3) is 5.91 Å². The molecule has 24 heavy (non-hydrogen) atoms. The number of alkyl halides is 2. The molecule has 0 saturated heterocycles. The van der Waals surface area contributed by atoms with Gasteiger partial charge in [-0.25, -0.2) is 4.98 Å². The predicted molar refractivity (Wildman–Crippen MR) is 87.5 cm³/mol. The van der Waals surface area contributed by atoms with Gasteiger partial charge in [0, 0.05) is 20.3 Å². The number of amides is 1. The van der Waals surface area contributed by atoms with Crippen LogP contribution in [0.5, 0.6) is 5.75 Å². The van der Waals surface area contributed by atoms with Gasteiger partial charge in [0.1, 0.15) is 11.6 Å². The van der Waals surface area contributed by atoms with Crippen LogP contribution >= 0.6 is 0 Å². The highest BCUT2D eigenvalue weighted by atomic mass is 19.3. The van der Waals surface area contributed by atoms with Gasteiger partial charge < -0.3 is 15.0 Å². The zero-order chi connectivity index (χ0) is 17.7. The first-order valence-electron chi connectivity index (χ1n) is 7.36. The van der Waals surface area contributed by atoms with Crippen LogP contribution in [0.4, 0.5) is 14.6 Å². The zero-order valence-corrected chi connectivity index (χ0v) is 13.7. The van der Waals surface area contributed by atoms with Gasteiger partial charge in [-0.2, -0.15) is 8.78 Å². The number of anilines is 1. The third kappa shape index (κ3) is 4.41. The van der Waals surface area contributed by atoms with Crippen LogP contribution in [0.15, 0.2) is 42.6 Å². The topological polar surface area (TPSA) is 54.5 Å². The molecular formula is C17H19F2N3O2. The van der Waals surface area contributed by atoms with E-state index in [1.54, 1.807) is 35.4 Å². The summed E-state index contributed by atoms with van der Waals surface area (Å²) in [4.78, 5) is 18.4. The lowest BCUT2D eigenvalue weighted by Gasteiger charge is -2.18. The van der Waals surface area contributed by atoms with Crippen molar-refractivity contribution in [2.45, 2.75) is 19.6 Å². The first-order chi connectivity index (χ1) is 11.4. The van der Waals surface area contributed by atoms with Gasteiger partial charge in [-0.05, 0) is 36.8 Å². The van der Waals surface area contributed by atoms with E-state index >= 15 is 0 Å². The lowest BCUT2D eigenvalue weighted by molar-refractivity contribution is -0.0498. The molecule has 1 heterocycles. The minimum Gasteiger partial charge on any atom is -0.435 e. The van der Waals surface area contributed by atoms with Crippen molar-refractivity contribution in [2.75, 3.05) is 19.0 Å². The fourth-order valence-corrected chi connectivity index (χ4v) is 2.23. The Labute approximate surface area is 139 Å². The first-order valence-corrected chi connectivity index (χ1v) is 7.36. The number of halogens is 2. The van der Waals surface area contributed by atoms with Crippen LogP contribution in [0.1, 0.15) is 28.9 Å². The highest BCUT2D eigenvalue weighted by molar-refractivity contribution is 5.99. The number of hydrogen-bond donors (Lipinski definition) is 1. The summed E-state index contributed by atoms with van der Waals surface area (Å²) in [6, 6.07) is 9.26. The summed E-state index contributed by atoms with van der Waals surface area (Å²) in [5.74, 6) is 0.393. The Kier molecular flexibility index (Phi) is 5.68. The number of aromatic nitrogens is 1. The summed E-state index contributed by atoms with van der Waals surface area (Å²) in [7, 11) is 3.62. The molecule has 0 unspecified atom stereocenters. The number of carbonyl (C=O) groups excluding carboxylic acids is 1. The van der Waals surface area contributed by atoms with Crippen molar-refractivity contribution < 1.29 is 18.3 Å². The third-order valence-corrected chi connectivity index (χ3v) is 3.41. The molecule has 7 heteroatoms. The molecule has 1 N–H and O–H groups in total. The number of hydrogen-bond acceptors (Lipinski definition) is 4. The summed E-state index contributed by atoms with van der Waals surface area (Å²) in [5.41, 5.74) is 1.24. The summed E-state index contributed by atoms with van der Waals surface area (Å²) in [6.07, 6.45) is 1.62. The van der Waals surface area contributed by atoms with Crippen LogP contribution in [0.2, 0.25) is 0 Å². The molecule has 2 rings (SSSR count). The summed E-state index contributed by atoms with van der Waals surface area (Å²) < 4.78 is 28.6. The van der Waals surface area contributed by atoms with E-state index in [1.807, 2.05) is 21.0 Å². The Balaban J connectivity index is 2.09. The molecule has 0 aliphatic heterocycles. The number of rotatable bonds is 6. The van der Waals surface area contributed by atoms with Crippen molar-refractivity contribution in [1.29, 1.82) is 0 Å². The minimum absolute atomic E-state index is 0.0782. The molecular weight excluding hydrogens is 316 g/mol. The molecule has 0 aliphatic carbocycles. The van der Waals surface area contributed by atoms with Gasteiger partial charge in [-0.15, -0.1) is 0 Å². The number of nitrogens with one attached hydrogen (secondary N) is 1. The van der Waals surface area contributed by atoms with E-state index in [-0.39, 0.29) is 17.7 Å². The van der Waals surface area contributed by atoms with Crippen LogP contribution in [-0.4, -0.2) is 31.6 Å². The predicted octanol–water partition coefficient (Wildman–Crippen LogP) is 3.24. The molecule has 0 aliphatic rings. The van der Waals surface area contributed by atoms with Crippen LogP contribution in [0.3, 0.4) is 0 Å². The molecule has 0 radical (unpaired) electrons. The molecule has 2 aromatic rings. The van der Waals surface area contributed by atoms with Gasteiger partial charge in [0.05, 0.1) is 11.6 Å². The molecule has 0 spiro atoms. The summed E-state index contributed by atoms with van der Waals surface area (Å²) in [6.45, 7) is -1.05. The van der Waals surface area contributed by atoms with Gasteiger partial charge in [0.2, 0.25) is 0 Å². The average Bonchev–Trinajstić information content (AvgIpc) is 2.54. The van der Waals surface area contributed by atoms with E-state index in [0.717, 1.165) is 5.56 Å². The SMILES string of the molecule is C[C@H](NC(=O)c1cccnc1N(C)C)c1ccc(OC(F)F)cc1. The maximum atomic E-state index is 12.5. The Morgan fingerprint density at radius 3 is 2.46 bits per heavy atom. The van der Waals surface area contributed by atoms with Crippen molar-refractivity contribution >= 4 is 11.7 Å². The maximum Gasteiger partial charge on any atom is 0.387 e. The molecule has 1 aromatic heterocycles. The Morgan fingerprint density at radius 1 is 1.21 bits per heavy atom. The van der Waals surface area contributed by atoms with Crippen molar-refractivity contribution in [1.82, 2.24) is 10.3 Å². The van der Waals surface area contributed by atoms with Crippen molar-refractivity contribution in [3.05, 3.63) is 53.7 Å². The van der Waals surface area contributed by atoms with Gasteiger partial charge >= 0.3 is 6.61 Å². The first kappa shape index (κ1) is 17.7. The number of pyridine rings is 1. The van der Waals surface area contributed by atoms with Crippen molar-refractivity contribution in [3.63, 3.8) is 0 Å². The standard InChI is InChI=1S/C17H19F2N3O2/c1-11(12-6-8-13(9-7-12)24-17(18)19)21-16(23)14-5-4-10-20-15(14)22(2)3/h4-11,17H,1-3H3,(H,21,23)/t11-/m0/s1. The highest BCUT2D eigenvalue weighted by Crippen LogP contribution is 2.20. The maximum absolute atomic E-state index is 12.5. The second-order valence-electron chi connectivity index (χ2n) is 5.41. The van der Waals surface area contributed by atoms with Gasteiger partial charge in [-0.3, -0.25) is 4.79 Å². The molecule has 1 atom stereocenters. The van der Waals surface area contributed by atoms with E-state index in [4.69, 9.17) is 0 Å². The number of benzene rings is 1. The lowest BCUT2D eigenvalue weighted by Crippen LogP contribution is -2.28. The lowest BCUT2D eigenvalue weighted by atomic mass is 10.1. The molecule has 0 fully saturated rings. The Hall–Kier alpha value is -2.70. The van der Waals surface area contributed by atoms with Crippen LogP contribution in [-0.2, 0) is 0 Å². The molecule has 1 aromatic carbocycles. The summed E-state index contributed by atoms with van der Waals surface area (Å²) >= 11 is 0. The largest absolute Gasteiger partial charge is 0.435 e. The number of carbonyl (C=O) groups is 1. The molecule has 5 nitrogen and oxygen atoms in total. The quantitative estimate of drug-likeness (QED) is 0.880. The monoisotopic (exact) mass is 335 g/mol. The van der Waals surface area contributed by atoms with Crippen LogP contribution in [0, 0.1) is 0 Å². The number of nitrogens with zero attached hydrogens (tertiary/aromatic N) is 2. The van der Waals surface area contributed by atoms with Crippen LogP contribution < -0.4 is 15.0 Å². The van der Waals surface area contributed by atoms with E-state index in [2.05, 4.69) is 15.0 Å². The van der Waals surface area contributed by atoms with Crippen LogP contribution in [0.25, 0.3) is 0 Å².